The van der Waals surface area contributed by atoms with Gasteiger partial charge in [0, 0.05) is 17.5 Å². The van der Waals surface area contributed by atoms with Gasteiger partial charge in [-0.25, -0.2) is 0 Å². The van der Waals surface area contributed by atoms with E-state index in [0.717, 1.165) is 11.3 Å². The molecule has 1 fully saturated rings. The Morgan fingerprint density at radius 1 is 1.53 bits per heavy atom. The first-order chi connectivity index (χ1) is 8.20. The third kappa shape index (κ3) is 2.78. The fraction of sp³-hybridized carbons (Fsp3) is 0.333. The molecule has 1 aromatic carbocycles. The normalized spacial score (nSPS) is 23.9. The molecule has 88 valence electrons. The van der Waals surface area contributed by atoms with Crippen molar-refractivity contribution in [1.82, 2.24) is 5.32 Å². The van der Waals surface area contributed by atoms with Gasteiger partial charge in [-0.3, -0.25) is 10.1 Å². The molecule has 0 bridgehead atoms. The van der Waals surface area contributed by atoms with Crippen LogP contribution in [0.3, 0.4) is 0 Å². The van der Waals surface area contributed by atoms with Crippen LogP contribution in [0.5, 0.6) is 0 Å². The number of carboxylic acids is 1. The van der Waals surface area contributed by atoms with Crippen molar-refractivity contribution in [1.29, 1.82) is 5.26 Å². The number of aliphatic carboxylic acids is 1. The molecule has 2 rings (SSSR count). The van der Waals surface area contributed by atoms with Gasteiger partial charge in [-0.2, -0.15) is 17.0 Å². The van der Waals surface area contributed by atoms with E-state index >= 15 is 0 Å². The minimum atomic E-state index is -0.821. The van der Waals surface area contributed by atoms with E-state index in [4.69, 9.17) is 10.4 Å². The smallest absolute Gasteiger partial charge is 0.321 e. The molecule has 0 saturated carbocycles. The van der Waals surface area contributed by atoms with Gasteiger partial charge in [0.05, 0.1) is 11.6 Å². The maximum atomic E-state index is 10.9. The number of hydrogen-bond acceptors (Lipinski definition) is 4. The second kappa shape index (κ2) is 5.21. The number of nitrogens with zero attached hydrogens (tertiary/aromatic N) is 1. The highest BCUT2D eigenvalue weighted by molar-refractivity contribution is 7.99. The molecular weight excluding hydrogens is 236 g/mol. The molecule has 0 aliphatic carbocycles. The average Bonchev–Trinajstić information content (AvgIpc) is 2.39. The minimum Gasteiger partial charge on any atom is -0.480 e. The van der Waals surface area contributed by atoms with Gasteiger partial charge in [0.15, 0.2) is 0 Å². The number of nitriles is 1. The summed E-state index contributed by atoms with van der Waals surface area (Å²) in [6, 6.07) is 8.88. The second-order valence-corrected chi connectivity index (χ2v) is 4.96. The first kappa shape index (κ1) is 12.0. The Labute approximate surface area is 104 Å². The van der Waals surface area contributed by atoms with Gasteiger partial charge in [0.25, 0.3) is 0 Å². The quantitative estimate of drug-likeness (QED) is 0.827. The molecule has 2 N–H and O–H groups in total. The molecule has 4 nitrogen and oxygen atoms in total. The molecule has 2 atom stereocenters. The molecule has 0 aromatic heterocycles. The van der Waals surface area contributed by atoms with Crippen LogP contribution in [-0.4, -0.2) is 28.6 Å². The van der Waals surface area contributed by atoms with E-state index in [1.165, 1.54) is 0 Å². The van der Waals surface area contributed by atoms with Crippen LogP contribution in [0.2, 0.25) is 0 Å². The third-order valence-electron chi connectivity index (χ3n) is 2.69. The van der Waals surface area contributed by atoms with E-state index in [-0.39, 0.29) is 6.04 Å². The summed E-state index contributed by atoms with van der Waals surface area (Å²) in [4.78, 5) is 10.9. The van der Waals surface area contributed by atoms with Crippen molar-refractivity contribution >= 4 is 17.7 Å². The fourth-order valence-electron chi connectivity index (χ4n) is 1.80. The second-order valence-electron chi connectivity index (χ2n) is 3.88. The Hall–Kier alpha value is -1.51. The number of rotatable bonds is 2. The standard InChI is InChI=1S/C12H12N2O2S/c13-5-8-2-1-3-9(4-8)10-6-17-7-11(14-10)12(15)16/h1-4,10-11,14H,6-7H2,(H,15,16). The molecular formula is C12H12N2O2S. The molecule has 0 radical (unpaired) electrons. The summed E-state index contributed by atoms with van der Waals surface area (Å²) in [5.74, 6) is 0.598. The summed E-state index contributed by atoms with van der Waals surface area (Å²) in [7, 11) is 0. The van der Waals surface area contributed by atoms with Crippen molar-refractivity contribution in [2.24, 2.45) is 0 Å². The van der Waals surface area contributed by atoms with E-state index in [9.17, 15) is 4.79 Å². The SMILES string of the molecule is N#Cc1cccc(C2CSCC(C(=O)O)N2)c1. The molecule has 1 heterocycles. The van der Waals surface area contributed by atoms with Crippen LogP contribution in [0.15, 0.2) is 24.3 Å². The number of benzene rings is 1. The lowest BCUT2D eigenvalue weighted by atomic mass is 10.0. The lowest BCUT2D eigenvalue weighted by molar-refractivity contribution is -0.139. The van der Waals surface area contributed by atoms with Crippen molar-refractivity contribution in [2.75, 3.05) is 11.5 Å². The Balaban J connectivity index is 2.16. The maximum absolute atomic E-state index is 10.9. The highest BCUT2D eigenvalue weighted by Crippen LogP contribution is 2.25. The van der Waals surface area contributed by atoms with Crippen molar-refractivity contribution in [3.8, 4) is 6.07 Å². The Bertz CT molecular complexity index is 470. The Kier molecular flexibility index (Phi) is 3.67. The van der Waals surface area contributed by atoms with Crippen LogP contribution in [0.4, 0.5) is 0 Å². The molecule has 0 spiro atoms. The zero-order valence-corrected chi connectivity index (χ0v) is 9.91. The number of carboxylic acid groups (broad SMARTS) is 1. The van der Waals surface area contributed by atoms with Gasteiger partial charge in [0.2, 0.25) is 0 Å². The van der Waals surface area contributed by atoms with Gasteiger partial charge in [-0.15, -0.1) is 0 Å². The van der Waals surface area contributed by atoms with Gasteiger partial charge >= 0.3 is 5.97 Å². The van der Waals surface area contributed by atoms with Crippen LogP contribution in [0.25, 0.3) is 0 Å². The summed E-state index contributed by atoms with van der Waals surface area (Å²) in [5.41, 5.74) is 1.58. The van der Waals surface area contributed by atoms with Crippen LogP contribution in [-0.2, 0) is 4.79 Å². The summed E-state index contributed by atoms with van der Waals surface area (Å²) >= 11 is 1.62. The molecule has 1 aliphatic heterocycles. The zero-order valence-electron chi connectivity index (χ0n) is 9.09. The molecule has 2 unspecified atom stereocenters. The molecule has 1 aromatic rings. The monoisotopic (exact) mass is 248 g/mol. The Morgan fingerprint density at radius 2 is 2.35 bits per heavy atom. The number of hydrogen-bond donors (Lipinski definition) is 2. The predicted octanol–water partition coefficient (Wildman–Crippen LogP) is 1.39. The van der Waals surface area contributed by atoms with Crippen molar-refractivity contribution in [2.45, 2.75) is 12.1 Å². The topological polar surface area (TPSA) is 73.1 Å². The van der Waals surface area contributed by atoms with Crippen LogP contribution in [0, 0.1) is 11.3 Å². The van der Waals surface area contributed by atoms with E-state index in [0.29, 0.717) is 11.3 Å². The lowest BCUT2D eigenvalue weighted by Gasteiger charge is -2.28. The highest BCUT2D eigenvalue weighted by atomic mass is 32.2. The van der Waals surface area contributed by atoms with Crippen LogP contribution in [0.1, 0.15) is 17.2 Å². The minimum absolute atomic E-state index is 0.00292. The lowest BCUT2D eigenvalue weighted by Crippen LogP contribution is -2.45. The van der Waals surface area contributed by atoms with Crippen LogP contribution < -0.4 is 5.32 Å². The number of nitrogens with one attached hydrogen (secondary N) is 1. The predicted molar refractivity (Wildman–Crippen MR) is 65.8 cm³/mol. The molecule has 0 amide bonds. The van der Waals surface area contributed by atoms with E-state index in [2.05, 4.69) is 11.4 Å². The molecule has 1 aliphatic rings. The van der Waals surface area contributed by atoms with Gasteiger partial charge in [-0.05, 0) is 17.7 Å². The zero-order chi connectivity index (χ0) is 12.3. The number of carbonyl (C=O) groups is 1. The van der Waals surface area contributed by atoms with Crippen LogP contribution >= 0.6 is 11.8 Å². The van der Waals surface area contributed by atoms with Crippen molar-refractivity contribution in [3.05, 3.63) is 35.4 Å². The van der Waals surface area contributed by atoms with Crippen molar-refractivity contribution in [3.63, 3.8) is 0 Å². The van der Waals surface area contributed by atoms with E-state index < -0.39 is 12.0 Å². The first-order valence-corrected chi connectivity index (χ1v) is 6.43. The third-order valence-corrected chi connectivity index (χ3v) is 3.83. The Morgan fingerprint density at radius 3 is 3.06 bits per heavy atom. The van der Waals surface area contributed by atoms with Gasteiger partial charge in [-0.1, -0.05) is 12.1 Å². The highest BCUT2D eigenvalue weighted by Gasteiger charge is 2.27. The fourth-order valence-corrected chi connectivity index (χ4v) is 2.94. The maximum Gasteiger partial charge on any atom is 0.321 e. The first-order valence-electron chi connectivity index (χ1n) is 5.27. The summed E-state index contributed by atoms with van der Waals surface area (Å²) in [6.07, 6.45) is 0. The van der Waals surface area contributed by atoms with Gasteiger partial charge < -0.3 is 5.11 Å². The van der Waals surface area contributed by atoms with E-state index in [1.54, 1.807) is 17.8 Å². The van der Waals surface area contributed by atoms with Crippen molar-refractivity contribution < 1.29 is 9.90 Å². The average molecular weight is 248 g/mol. The number of thioether (sulfide) groups is 1. The van der Waals surface area contributed by atoms with Gasteiger partial charge in [0.1, 0.15) is 6.04 Å². The van der Waals surface area contributed by atoms with E-state index in [1.807, 2.05) is 18.2 Å². The summed E-state index contributed by atoms with van der Waals surface area (Å²) in [5, 5.41) is 20.9. The molecule has 5 heteroatoms. The summed E-state index contributed by atoms with van der Waals surface area (Å²) < 4.78 is 0. The molecule has 1 saturated heterocycles. The summed E-state index contributed by atoms with van der Waals surface area (Å²) in [6.45, 7) is 0. The largest absolute Gasteiger partial charge is 0.480 e. The molecule has 17 heavy (non-hydrogen) atoms.